The molecule has 2 saturated carbocycles. The van der Waals surface area contributed by atoms with Gasteiger partial charge in [0.05, 0.1) is 13.2 Å². The molecule has 1 atom stereocenters. The average Bonchev–Trinajstić information content (AvgIpc) is 3.37. The Morgan fingerprint density at radius 2 is 2.10 bits per heavy atom. The molecule has 0 radical (unpaired) electrons. The first-order valence-corrected chi connectivity index (χ1v) is 7.84. The molecule has 3 heteroatoms. The number of benzene rings is 1. The molecule has 1 aromatic rings. The first-order valence-electron chi connectivity index (χ1n) is 7.84. The minimum atomic E-state index is 0.143. The van der Waals surface area contributed by atoms with Crippen LogP contribution >= 0.6 is 0 Å². The van der Waals surface area contributed by atoms with Gasteiger partial charge in [0.25, 0.3) is 0 Å². The first kappa shape index (κ1) is 13.9. The quantitative estimate of drug-likeness (QED) is 0.750. The summed E-state index contributed by atoms with van der Waals surface area (Å²) in [5.74, 6) is 1.84. The first-order chi connectivity index (χ1) is 9.85. The predicted molar refractivity (Wildman–Crippen MR) is 80.1 cm³/mol. The summed E-state index contributed by atoms with van der Waals surface area (Å²) in [6.07, 6.45) is 6.77. The van der Waals surface area contributed by atoms with Gasteiger partial charge in [0.15, 0.2) is 0 Å². The molecule has 3 nitrogen and oxygen atoms in total. The molecule has 0 amide bonds. The van der Waals surface area contributed by atoms with Gasteiger partial charge >= 0.3 is 0 Å². The van der Waals surface area contributed by atoms with Gasteiger partial charge in [0.2, 0.25) is 0 Å². The van der Waals surface area contributed by atoms with E-state index in [1.807, 2.05) is 12.1 Å². The second-order valence-electron chi connectivity index (χ2n) is 6.05. The molecule has 2 aliphatic rings. The van der Waals surface area contributed by atoms with E-state index in [2.05, 4.69) is 17.4 Å². The molecule has 0 spiro atoms. The Morgan fingerprint density at radius 3 is 2.80 bits per heavy atom. The van der Waals surface area contributed by atoms with Crippen LogP contribution in [0, 0.1) is 5.92 Å². The lowest BCUT2D eigenvalue weighted by atomic mass is 10.1. The molecule has 0 heterocycles. The Morgan fingerprint density at radius 1 is 1.25 bits per heavy atom. The van der Waals surface area contributed by atoms with Gasteiger partial charge in [0, 0.05) is 19.2 Å². The van der Waals surface area contributed by atoms with Crippen LogP contribution in [0.2, 0.25) is 0 Å². The Hall–Kier alpha value is -1.06. The molecule has 0 aromatic heterocycles. The van der Waals surface area contributed by atoms with Gasteiger partial charge in [-0.3, -0.25) is 0 Å². The molecule has 0 bridgehead atoms. The van der Waals surface area contributed by atoms with Gasteiger partial charge in [-0.25, -0.2) is 0 Å². The molecule has 2 fully saturated rings. The Labute approximate surface area is 121 Å². The van der Waals surface area contributed by atoms with Crippen molar-refractivity contribution in [3.8, 4) is 5.75 Å². The number of ether oxygens (including phenoxy) is 2. The molecule has 1 aromatic carbocycles. The summed E-state index contributed by atoms with van der Waals surface area (Å²) in [6.45, 7) is 1.78. The smallest absolute Gasteiger partial charge is 0.119 e. The Bertz CT molecular complexity index is 427. The second-order valence-corrected chi connectivity index (χ2v) is 6.05. The van der Waals surface area contributed by atoms with Gasteiger partial charge in [0.1, 0.15) is 5.75 Å². The van der Waals surface area contributed by atoms with E-state index >= 15 is 0 Å². The van der Waals surface area contributed by atoms with Gasteiger partial charge in [-0.05, 0) is 42.9 Å². The lowest BCUT2D eigenvalue weighted by Crippen LogP contribution is -2.25. The van der Waals surface area contributed by atoms with E-state index in [-0.39, 0.29) is 6.10 Å². The van der Waals surface area contributed by atoms with E-state index < -0.39 is 0 Å². The van der Waals surface area contributed by atoms with Crippen LogP contribution in [0.15, 0.2) is 24.3 Å². The maximum atomic E-state index is 6.14. The highest BCUT2D eigenvalue weighted by Gasteiger charge is 2.24. The van der Waals surface area contributed by atoms with Crippen LogP contribution < -0.4 is 10.1 Å². The van der Waals surface area contributed by atoms with Crippen molar-refractivity contribution in [1.29, 1.82) is 0 Å². The minimum Gasteiger partial charge on any atom is -0.497 e. The van der Waals surface area contributed by atoms with Crippen LogP contribution in [0.5, 0.6) is 5.75 Å². The maximum Gasteiger partial charge on any atom is 0.119 e. The molecule has 110 valence electrons. The van der Waals surface area contributed by atoms with E-state index in [9.17, 15) is 0 Å². The van der Waals surface area contributed by atoms with E-state index in [4.69, 9.17) is 9.47 Å². The van der Waals surface area contributed by atoms with E-state index in [1.165, 1.54) is 37.7 Å². The van der Waals surface area contributed by atoms with Gasteiger partial charge < -0.3 is 14.8 Å². The zero-order valence-electron chi connectivity index (χ0n) is 12.3. The lowest BCUT2D eigenvalue weighted by molar-refractivity contribution is 0.0482. The minimum absolute atomic E-state index is 0.143. The molecule has 1 N–H and O–H groups in total. The van der Waals surface area contributed by atoms with Crippen LogP contribution in [0.4, 0.5) is 0 Å². The monoisotopic (exact) mass is 275 g/mol. The van der Waals surface area contributed by atoms with Gasteiger partial charge in [-0.2, -0.15) is 0 Å². The van der Waals surface area contributed by atoms with Crippen LogP contribution in [-0.4, -0.2) is 26.3 Å². The third-order valence-electron chi connectivity index (χ3n) is 4.18. The highest BCUT2D eigenvalue weighted by molar-refractivity contribution is 5.30. The summed E-state index contributed by atoms with van der Waals surface area (Å²) in [5, 5.41) is 3.58. The van der Waals surface area contributed by atoms with E-state index in [1.54, 1.807) is 7.11 Å². The lowest BCUT2D eigenvalue weighted by Gasteiger charge is -2.19. The maximum absolute atomic E-state index is 6.14. The molecule has 0 aliphatic heterocycles. The topological polar surface area (TPSA) is 30.5 Å². The highest BCUT2D eigenvalue weighted by Crippen LogP contribution is 2.33. The van der Waals surface area contributed by atoms with E-state index in [0.717, 1.165) is 30.9 Å². The Kier molecular flexibility index (Phi) is 4.58. The standard InChI is InChI=1S/C17H25NO2/c1-19-16-4-2-3-14(11-16)17(12-18-15-7-8-15)20-10-9-13-5-6-13/h2-4,11,13,15,17-18H,5-10,12H2,1H3. The summed E-state index contributed by atoms with van der Waals surface area (Å²) in [5.41, 5.74) is 1.22. The summed E-state index contributed by atoms with van der Waals surface area (Å²) in [6, 6.07) is 8.98. The summed E-state index contributed by atoms with van der Waals surface area (Å²) < 4.78 is 11.5. The predicted octanol–water partition coefficient (Wildman–Crippen LogP) is 3.31. The van der Waals surface area contributed by atoms with Crippen molar-refractivity contribution in [2.24, 2.45) is 5.92 Å². The number of hydrogen-bond donors (Lipinski definition) is 1. The van der Waals surface area contributed by atoms with Gasteiger partial charge in [-0.1, -0.05) is 25.0 Å². The fourth-order valence-electron chi connectivity index (χ4n) is 2.46. The molecule has 0 saturated heterocycles. The normalized spacial score (nSPS) is 19.9. The van der Waals surface area contributed by atoms with Crippen molar-refractivity contribution in [2.45, 2.75) is 44.2 Å². The van der Waals surface area contributed by atoms with Crippen LogP contribution in [0.25, 0.3) is 0 Å². The average molecular weight is 275 g/mol. The van der Waals surface area contributed by atoms with Crippen molar-refractivity contribution in [2.75, 3.05) is 20.3 Å². The van der Waals surface area contributed by atoms with Crippen molar-refractivity contribution < 1.29 is 9.47 Å². The van der Waals surface area contributed by atoms with Crippen LogP contribution in [0.3, 0.4) is 0 Å². The van der Waals surface area contributed by atoms with Gasteiger partial charge in [-0.15, -0.1) is 0 Å². The zero-order chi connectivity index (χ0) is 13.8. The molecule has 3 rings (SSSR count). The number of methoxy groups -OCH3 is 1. The molecule has 2 aliphatic carbocycles. The largest absolute Gasteiger partial charge is 0.497 e. The second kappa shape index (κ2) is 6.59. The summed E-state index contributed by atoms with van der Waals surface area (Å²) in [4.78, 5) is 0. The number of hydrogen-bond acceptors (Lipinski definition) is 3. The molecular formula is C17H25NO2. The van der Waals surface area contributed by atoms with Crippen molar-refractivity contribution >= 4 is 0 Å². The molecular weight excluding hydrogens is 250 g/mol. The van der Waals surface area contributed by atoms with Crippen molar-refractivity contribution in [1.82, 2.24) is 5.32 Å². The summed E-state index contributed by atoms with van der Waals surface area (Å²) >= 11 is 0. The third-order valence-corrected chi connectivity index (χ3v) is 4.18. The zero-order valence-corrected chi connectivity index (χ0v) is 12.3. The SMILES string of the molecule is COc1cccc(C(CNC2CC2)OCCC2CC2)c1. The summed E-state index contributed by atoms with van der Waals surface area (Å²) in [7, 11) is 1.71. The fourth-order valence-corrected chi connectivity index (χ4v) is 2.46. The Balaban J connectivity index is 1.58. The fraction of sp³-hybridized carbons (Fsp3) is 0.647. The van der Waals surface area contributed by atoms with Crippen LogP contribution in [0.1, 0.15) is 43.8 Å². The number of nitrogens with one attached hydrogen (secondary N) is 1. The highest BCUT2D eigenvalue weighted by atomic mass is 16.5. The number of rotatable bonds is 9. The third kappa shape index (κ3) is 4.22. The van der Waals surface area contributed by atoms with Crippen molar-refractivity contribution in [3.05, 3.63) is 29.8 Å². The van der Waals surface area contributed by atoms with Crippen LogP contribution in [-0.2, 0) is 4.74 Å². The van der Waals surface area contributed by atoms with E-state index in [0.29, 0.717) is 0 Å². The van der Waals surface area contributed by atoms with Crippen molar-refractivity contribution in [3.63, 3.8) is 0 Å². The molecule has 1 unspecified atom stereocenters. The molecule has 20 heavy (non-hydrogen) atoms.